The number of rotatable bonds is 4. The number of H-pyrrole nitrogens is 1. The van der Waals surface area contributed by atoms with Crippen LogP contribution in [0.5, 0.6) is 0 Å². The standard InChI is InChI=1S/C16H18N4O4/c17-11(8-21)15(22)20-6-5-12-13(7-20)19-14(18-12)9-1-3-10(4-2-9)16(23)24/h1-4,11,21H,5-8,17H2,(H,18,19)(H,23,24)/t11-/m0/s1. The molecule has 0 unspecified atom stereocenters. The number of amides is 1. The molecule has 1 aliphatic heterocycles. The van der Waals surface area contributed by atoms with Crippen molar-refractivity contribution in [2.75, 3.05) is 13.2 Å². The number of carbonyl (C=O) groups excluding carboxylic acids is 1. The highest BCUT2D eigenvalue weighted by Gasteiger charge is 2.26. The van der Waals surface area contributed by atoms with E-state index in [1.807, 2.05) is 0 Å². The number of hydrogen-bond acceptors (Lipinski definition) is 5. The van der Waals surface area contributed by atoms with Crippen molar-refractivity contribution >= 4 is 11.9 Å². The van der Waals surface area contributed by atoms with Gasteiger partial charge in [-0.3, -0.25) is 4.79 Å². The number of hydrogen-bond donors (Lipinski definition) is 4. The van der Waals surface area contributed by atoms with E-state index in [1.54, 1.807) is 17.0 Å². The fraction of sp³-hybridized carbons (Fsp3) is 0.312. The predicted octanol–water partition coefficient (Wildman–Crippen LogP) is -0.0208. The van der Waals surface area contributed by atoms with E-state index in [-0.39, 0.29) is 18.1 Å². The summed E-state index contributed by atoms with van der Waals surface area (Å²) >= 11 is 0. The Labute approximate surface area is 137 Å². The molecule has 0 saturated heterocycles. The van der Waals surface area contributed by atoms with Gasteiger partial charge in [0.15, 0.2) is 0 Å². The summed E-state index contributed by atoms with van der Waals surface area (Å²) in [5.74, 6) is -0.627. The molecule has 1 atom stereocenters. The van der Waals surface area contributed by atoms with Crippen molar-refractivity contribution in [3.05, 3.63) is 41.2 Å². The number of aromatic amines is 1. The zero-order valence-corrected chi connectivity index (χ0v) is 12.9. The minimum atomic E-state index is -0.977. The zero-order valence-electron chi connectivity index (χ0n) is 12.9. The largest absolute Gasteiger partial charge is 0.478 e. The van der Waals surface area contributed by atoms with Crippen molar-refractivity contribution in [2.45, 2.75) is 19.0 Å². The molecule has 1 amide bonds. The lowest BCUT2D eigenvalue weighted by molar-refractivity contribution is -0.134. The highest BCUT2D eigenvalue weighted by Crippen LogP contribution is 2.23. The van der Waals surface area contributed by atoms with Gasteiger partial charge in [-0.25, -0.2) is 9.78 Å². The van der Waals surface area contributed by atoms with Gasteiger partial charge in [0.05, 0.1) is 30.1 Å². The van der Waals surface area contributed by atoms with Gasteiger partial charge in [-0.05, 0) is 12.1 Å². The number of carbonyl (C=O) groups is 2. The van der Waals surface area contributed by atoms with E-state index >= 15 is 0 Å². The lowest BCUT2D eigenvalue weighted by Gasteiger charge is -2.28. The van der Waals surface area contributed by atoms with E-state index in [4.69, 9.17) is 15.9 Å². The van der Waals surface area contributed by atoms with E-state index in [2.05, 4.69) is 9.97 Å². The number of carboxylic acids is 1. The number of aromatic carboxylic acids is 1. The van der Waals surface area contributed by atoms with Crippen LogP contribution in [-0.4, -0.2) is 56.2 Å². The van der Waals surface area contributed by atoms with Gasteiger partial charge in [-0.1, -0.05) is 12.1 Å². The summed E-state index contributed by atoms with van der Waals surface area (Å²) in [5, 5.41) is 17.9. The van der Waals surface area contributed by atoms with Crippen LogP contribution in [0.3, 0.4) is 0 Å². The maximum atomic E-state index is 12.1. The SMILES string of the molecule is N[C@@H](CO)C(=O)N1CCc2nc(-c3ccc(C(=O)O)cc3)[nH]c2C1. The van der Waals surface area contributed by atoms with Crippen LogP contribution >= 0.6 is 0 Å². The van der Waals surface area contributed by atoms with E-state index in [1.165, 1.54) is 12.1 Å². The predicted molar refractivity (Wildman–Crippen MR) is 85.2 cm³/mol. The van der Waals surface area contributed by atoms with E-state index < -0.39 is 12.0 Å². The molecule has 0 aliphatic carbocycles. The average molecular weight is 330 g/mol. The molecule has 0 spiro atoms. The van der Waals surface area contributed by atoms with Gasteiger partial charge in [0.1, 0.15) is 11.9 Å². The number of nitrogens with two attached hydrogens (primary N) is 1. The number of aliphatic hydroxyl groups excluding tert-OH is 1. The molecule has 0 bridgehead atoms. The molecule has 1 aromatic heterocycles. The highest BCUT2D eigenvalue weighted by molar-refractivity contribution is 5.88. The van der Waals surface area contributed by atoms with Crippen LogP contribution in [0.4, 0.5) is 0 Å². The molecule has 0 fully saturated rings. The Morgan fingerprint density at radius 2 is 2.04 bits per heavy atom. The quantitative estimate of drug-likeness (QED) is 0.623. The molecule has 0 saturated carbocycles. The van der Waals surface area contributed by atoms with Gasteiger partial charge in [0, 0.05) is 18.5 Å². The Balaban J connectivity index is 1.80. The van der Waals surface area contributed by atoms with E-state index in [0.717, 1.165) is 17.0 Å². The first-order valence-electron chi connectivity index (χ1n) is 7.56. The highest BCUT2D eigenvalue weighted by atomic mass is 16.4. The second-order valence-electron chi connectivity index (χ2n) is 5.69. The Kier molecular flexibility index (Phi) is 4.32. The van der Waals surface area contributed by atoms with Gasteiger partial charge in [0.25, 0.3) is 0 Å². The Bertz CT molecular complexity index is 769. The third-order valence-corrected chi connectivity index (χ3v) is 4.06. The molecule has 5 N–H and O–H groups in total. The molecule has 0 radical (unpaired) electrons. The number of imidazole rings is 1. The lowest BCUT2D eigenvalue weighted by Crippen LogP contribution is -2.47. The number of fused-ring (bicyclic) bond motifs is 1. The summed E-state index contributed by atoms with van der Waals surface area (Å²) in [6, 6.07) is 5.53. The zero-order chi connectivity index (χ0) is 17.3. The maximum absolute atomic E-state index is 12.1. The Morgan fingerprint density at radius 3 is 2.67 bits per heavy atom. The van der Waals surface area contributed by atoms with Crippen LogP contribution < -0.4 is 5.73 Å². The van der Waals surface area contributed by atoms with E-state index in [9.17, 15) is 9.59 Å². The van der Waals surface area contributed by atoms with Crippen LogP contribution in [0.2, 0.25) is 0 Å². The number of nitrogens with one attached hydrogen (secondary N) is 1. The molecule has 8 heteroatoms. The number of benzene rings is 1. The topological polar surface area (TPSA) is 133 Å². The van der Waals surface area contributed by atoms with E-state index in [0.29, 0.717) is 25.3 Å². The first-order valence-corrected chi connectivity index (χ1v) is 7.56. The lowest BCUT2D eigenvalue weighted by atomic mass is 10.1. The molecule has 2 heterocycles. The fourth-order valence-corrected chi connectivity index (χ4v) is 2.70. The third kappa shape index (κ3) is 3.01. The van der Waals surface area contributed by atoms with Gasteiger partial charge < -0.3 is 25.8 Å². The summed E-state index contributed by atoms with van der Waals surface area (Å²) in [5.41, 5.74) is 8.29. The van der Waals surface area contributed by atoms with Gasteiger partial charge in [-0.2, -0.15) is 0 Å². The summed E-state index contributed by atoms with van der Waals surface area (Å²) in [4.78, 5) is 32.3. The molecule has 3 rings (SSSR count). The van der Waals surface area contributed by atoms with Crippen LogP contribution in [-0.2, 0) is 17.8 Å². The Morgan fingerprint density at radius 1 is 1.33 bits per heavy atom. The molecule has 126 valence electrons. The number of carboxylic acid groups (broad SMARTS) is 1. The minimum absolute atomic E-state index is 0.213. The minimum Gasteiger partial charge on any atom is -0.478 e. The van der Waals surface area contributed by atoms with Gasteiger partial charge >= 0.3 is 5.97 Å². The van der Waals surface area contributed by atoms with Gasteiger partial charge in [-0.15, -0.1) is 0 Å². The van der Waals surface area contributed by atoms with Crippen LogP contribution in [0, 0.1) is 0 Å². The molecular formula is C16H18N4O4. The van der Waals surface area contributed by atoms with Crippen LogP contribution in [0.1, 0.15) is 21.7 Å². The molecular weight excluding hydrogens is 312 g/mol. The van der Waals surface area contributed by atoms with Crippen molar-refractivity contribution < 1.29 is 19.8 Å². The van der Waals surface area contributed by atoms with Crippen molar-refractivity contribution in [1.29, 1.82) is 0 Å². The fourth-order valence-electron chi connectivity index (χ4n) is 2.70. The molecule has 1 aliphatic rings. The molecule has 24 heavy (non-hydrogen) atoms. The number of aromatic nitrogens is 2. The normalized spacial score (nSPS) is 15.0. The third-order valence-electron chi connectivity index (χ3n) is 4.06. The first kappa shape index (κ1) is 16.2. The van der Waals surface area contributed by atoms with Crippen LogP contribution in [0.25, 0.3) is 11.4 Å². The second kappa shape index (κ2) is 6.42. The number of aliphatic hydroxyl groups is 1. The molecule has 1 aromatic carbocycles. The van der Waals surface area contributed by atoms with Crippen molar-refractivity contribution in [2.24, 2.45) is 5.73 Å². The summed E-state index contributed by atoms with van der Waals surface area (Å²) in [7, 11) is 0. The van der Waals surface area contributed by atoms with Gasteiger partial charge in [0.2, 0.25) is 5.91 Å². The molecule has 8 nitrogen and oxygen atoms in total. The summed E-state index contributed by atoms with van der Waals surface area (Å²) in [6.07, 6.45) is 0.600. The Hall–Kier alpha value is -2.71. The smallest absolute Gasteiger partial charge is 0.335 e. The van der Waals surface area contributed by atoms with Crippen molar-refractivity contribution in [3.63, 3.8) is 0 Å². The second-order valence-corrected chi connectivity index (χ2v) is 5.69. The van der Waals surface area contributed by atoms with Crippen molar-refractivity contribution in [1.82, 2.24) is 14.9 Å². The summed E-state index contributed by atoms with van der Waals surface area (Å²) in [6.45, 7) is 0.482. The summed E-state index contributed by atoms with van der Waals surface area (Å²) < 4.78 is 0. The molecule has 2 aromatic rings. The maximum Gasteiger partial charge on any atom is 0.335 e. The first-order chi connectivity index (χ1) is 11.5. The average Bonchev–Trinajstić information content (AvgIpc) is 3.03. The monoisotopic (exact) mass is 330 g/mol. The number of nitrogens with zero attached hydrogens (tertiary/aromatic N) is 2. The van der Waals surface area contributed by atoms with Crippen LogP contribution in [0.15, 0.2) is 24.3 Å². The van der Waals surface area contributed by atoms with Crippen molar-refractivity contribution in [3.8, 4) is 11.4 Å².